The Balaban J connectivity index is 2.23. The molecule has 88 valence electrons. The zero-order chi connectivity index (χ0) is 11.7. The van der Waals surface area contributed by atoms with Crippen molar-refractivity contribution < 1.29 is 4.92 Å². The first-order valence-corrected chi connectivity index (χ1v) is 5.25. The van der Waals surface area contributed by atoms with E-state index in [0.717, 1.165) is 19.5 Å². The lowest BCUT2D eigenvalue weighted by Gasteiger charge is -2.14. The van der Waals surface area contributed by atoms with Gasteiger partial charge in [-0.25, -0.2) is 0 Å². The largest absolute Gasteiger partial charge is 0.349 e. The van der Waals surface area contributed by atoms with Gasteiger partial charge >= 0.3 is 5.69 Å². The number of aromatic nitrogens is 2. The molecule has 0 radical (unpaired) electrons. The average Bonchev–Trinajstić information content (AvgIpc) is 2.82. The second kappa shape index (κ2) is 4.09. The molecule has 1 aromatic heterocycles. The maximum atomic E-state index is 10.8. The summed E-state index contributed by atoms with van der Waals surface area (Å²) in [7, 11) is 1.69. The molecule has 1 unspecified atom stereocenters. The molecule has 7 heteroatoms. The van der Waals surface area contributed by atoms with E-state index >= 15 is 0 Å². The number of nitro groups is 1. The molecule has 0 amide bonds. The van der Waals surface area contributed by atoms with E-state index in [-0.39, 0.29) is 5.69 Å². The number of anilines is 1. The van der Waals surface area contributed by atoms with Crippen molar-refractivity contribution in [1.29, 1.82) is 0 Å². The van der Waals surface area contributed by atoms with Gasteiger partial charge in [0.05, 0.1) is 4.92 Å². The minimum atomic E-state index is -0.391. The first kappa shape index (κ1) is 10.9. The quantitative estimate of drug-likeness (QED) is 0.582. The molecular weight excluding hydrogens is 210 g/mol. The van der Waals surface area contributed by atoms with Crippen molar-refractivity contribution in [2.24, 2.45) is 18.7 Å². The van der Waals surface area contributed by atoms with Crippen molar-refractivity contribution in [3.8, 4) is 0 Å². The normalized spacial score (nSPS) is 20.4. The highest BCUT2D eigenvalue weighted by atomic mass is 16.6. The lowest BCUT2D eigenvalue weighted by atomic mass is 10.1. The van der Waals surface area contributed by atoms with Crippen molar-refractivity contribution in [1.82, 2.24) is 9.78 Å². The molecule has 0 spiro atoms. The van der Waals surface area contributed by atoms with E-state index < -0.39 is 4.92 Å². The van der Waals surface area contributed by atoms with Crippen molar-refractivity contribution in [3.63, 3.8) is 0 Å². The van der Waals surface area contributed by atoms with Gasteiger partial charge in [-0.1, -0.05) is 0 Å². The Kier molecular flexibility index (Phi) is 2.78. The molecule has 1 atom stereocenters. The average molecular weight is 225 g/mol. The molecule has 1 aromatic rings. The number of nitrogens with two attached hydrogens (primary N) is 1. The van der Waals surface area contributed by atoms with Crippen molar-refractivity contribution in [3.05, 3.63) is 16.3 Å². The van der Waals surface area contributed by atoms with Gasteiger partial charge < -0.3 is 10.6 Å². The highest BCUT2D eigenvalue weighted by Crippen LogP contribution is 2.29. The number of aryl methyl sites for hydroxylation is 1. The molecule has 7 nitrogen and oxygen atoms in total. The van der Waals surface area contributed by atoms with Gasteiger partial charge in [-0.15, -0.1) is 5.10 Å². The third kappa shape index (κ3) is 1.85. The second-order valence-corrected chi connectivity index (χ2v) is 4.11. The van der Waals surface area contributed by atoms with Gasteiger partial charge in [-0.3, -0.25) is 14.8 Å². The van der Waals surface area contributed by atoms with E-state index in [1.807, 2.05) is 4.90 Å². The predicted molar refractivity (Wildman–Crippen MR) is 59.2 cm³/mol. The van der Waals surface area contributed by atoms with Crippen LogP contribution in [0.1, 0.15) is 6.42 Å². The highest BCUT2D eigenvalue weighted by Gasteiger charge is 2.29. The maximum absolute atomic E-state index is 10.8. The Hall–Kier alpha value is -1.63. The minimum absolute atomic E-state index is 0.0696. The van der Waals surface area contributed by atoms with Gasteiger partial charge in [0, 0.05) is 20.1 Å². The van der Waals surface area contributed by atoms with Crippen molar-refractivity contribution >= 4 is 11.5 Å². The summed E-state index contributed by atoms with van der Waals surface area (Å²) in [5.41, 5.74) is 5.66. The van der Waals surface area contributed by atoms with Crippen LogP contribution in [-0.2, 0) is 7.05 Å². The molecule has 0 saturated carbocycles. The van der Waals surface area contributed by atoms with E-state index in [2.05, 4.69) is 5.10 Å². The van der Waals surface area contributed by atoms with Gasteiger partial charge in [0.15, 0.2) is 0 Å². The molecule has 1 saturated heterocycles. The van der Waals surface area contributed by atoms with Crippen LogP contribution in [0.4, 0.5) is 11.5 Å². The minimum Gasteiger partial charge on any atom is -0.349 e. The Morgan fingerprint density at radius 1 is 1.75 bits per heavy atom. The highest BCUT2D eigenvalue weighted by molar-refractivity contribution is 5.57. The molecule has 0 aliphatic carbocycles. The summed E-state index contributed by atoms with van der Waals surface area (Å²) in [6.45, 7) is 2.17. The van der Waals surface area contributed by atoms with Crippen LogP contribution in [0.3, 0.4) is 0 Å². The van der Waals surface area contributed by atoms with E-state index in [1.165, 1.54) is 10.9 Å². The summed E-state index contributed by atoms with van der Waals surface area (Å²) >= 11 is 0. The van der Waals surface area contributed by atoms with Gasteiger partial charge in [-0.05, 0) is 18.9 Å². The van der Waals surface area contributed by atoms with Gasteiger partial charge in [0.25, 0.3) is 0 Å². The molecule has 0 bridgehead atoms. The van der Waals surface area contributed by atoms with Gasteiger partial charge in [0.2, 0.25) is 5.82 Å². The fourth-order valence-electron chi connectivity index (χ4n) is 2.04. The summed E-state index contributed by atoms with van der Waals surface area (Å²) < 4.78 is 1.48. The van der Waals surface area contributed by atoms with Crippen LogP contribution in [0.5, 0.6) is 0 Å². The number of hydrogen-bond acceptors (Lipinski definition) is 5. The molecule has 1 fully saturated rings. The fraction of sp³-hybridized carbons (Fsp3) is 0.667. The summed E-state index contributed by atoms with van der Waals surface area (Å²) in [5.74, 6) is 0.880. The molecular formula is C9H15N5O2. The van der Waals surface area contributed by atoms with Crippen LogP contribution in [0.15, 0.2) is 6.20 Å². The third-order valence-electron chi connectivity index (χ3n) is 2.91. The van der Waals surface area contributed by atoms with Crippen LogP contribution in [0.2, 0.25) is 0 Å². The van der Waals surface area contributed by atoms with E-state index in [0.29, 0.717) is 18.3 Å². The maximum Gasteiger partial charge on any atom is 0.330 e. The first-order valence-electron chi connectivity index (χ1n) is 5.25. The summed E-state index contributed by atoms with van der Waals surface area (Å²) in [6, 6.07) is 0. The lowest BCUT2D eigenvalue weighted by molar-refractivity contribution is -0.384. The Bertz CT molecular complexity index is 403. The molecule has 2 N–H and O–H groups in total. The number of hydrogen-bond donors (Lipinski definition) is 1. The van der Waals surface area contributed by atoms with Gasteiger partial charge in [0.1, 0.15) is 6.20 Å². The Morgan fingerprint density at radius 2 is 2.50 bits per heavy atom. The lowest BCUT2D eigenvalue weighted by Crippen LogP contribution is -2.23. The molecule has 2 heterocycles. The third-order valence-corrected chi connectivity index (χ3v) is 2.91. The Morgan fingerprint density at radius 3 is 3.06 bits per heavy atom. The van der Waals surface area contributed by atoms with Crippen LogP contribution < -0.4 is 10.6 Å². The molecule has 2 rings (SSSR count). The smallest absolute Gasteiger partial charge is 0.330 e. The first-order chi connectivity index (χ1) is 7.61. The molecule has 1 aliphatic rings. The monoisotopic (exact) mass is 225 g/mol. The Labute approximate surface area is 93.0 Å². The standard InChI is InChI=1S/C9H15N5O2/c1-12-6-8(14(15)16)9(11-12)13-3-2-7(4-10)5-13/h6-7H,2-5,10H2,1H3. The van der Waals surface area contributed by atoms with Crippen LogP contribution >= 0.6 is 0 Å². The zero-order valence-electron chi connectivity index (χ0n) is 9.17. The van der Waals surface area contributed by atoms with E-state index in [4.69, 9.17) is 5.73 Å². The molecule has 1 aliphatic heterocycles. The van der Waals surface area contributed by atoms with E-state index in [9.17, 15) is 10.1 Å². The van der Waals surface area contributed by atoms with Gasteiger partial charge in [-0.2, -0.15) is 0 Å². The van der Waals surface area contributed by atoms with Crippen LogP contribution in [-0.4, -0.2) is 34.3 Å². The number of nitrogens with zero attached hydrogens (tertiary/aromatic N) is 4. The SMILES string of the molecule is Cn1cc([N+](=O)[O-])c(N2CCC(CN)C2)n1. The van der Waals surface area contributed by atoms with Crippen LogP contribution in [0, 0.1) is 16.0 Å². The van der Waals surface area contributed by atoms with Crippen molar-refractivity contribution in [2.75, 3.05) is 24.5 Å². The predicted octanol–water partition coefficient (Wildman–Crippen LogP) is 0.113. The second-order valence-electron chi connectivity index (χ2n) is 4.11. The fourth-order valence-corrected chi connectivity index (χ4v) is 2.04. The topological polar surface area (TPSA) is 90.2 Å². The van der Waals surface area contributed by atoms with E-state index in [1.54, 1.807) is 7.05 Å². The number of rotatable bonds is 3. The summed E-state index contributed by atoms with van der Waals surface area (Å²) in [4.78, 5) is 12.4. The van der Waals surface area contributed by atoms with Crippen LogP contribution in [0.25, 0.3) is 0 Å². The zero-order valence-corrected chi connectivity index (χ0v) is 9.17. The molecule has 16 heavy (non-hydrogen) atoms. The van der Waals surface area contributed by atoms with Crippen molar-refractivity contribution in [2.45, 2.75) is 6.42 Å². The molecule has 0 aromatic carbocycles. The summed E-state index contributed by atoms with van der Waals surface area (Å²) in [5, 5.41) is 15.0. The summed E-state index contributed by atoms with van der Waals surface area (Å²) in [6.07, 6.45) is 2.41.